The van der Waals surface area contributed by atoms with Crippen molar-refractivity contribution < 1.29 is 13.9 Å². The van der Waals surface area contributed by atoms with Gasteiger partial charge < -0.3 is 15.0 Å². The first-order valence-corrected chi connectivity index (χ1v) is 9.29. The second kappa shape index (κ2) is 8.86. The van der Waals surface area contributed by atoms with Crippen LogP contribution in [0.2, 0.25) is 0 Å². The highest BCUT2D eigenvalue weighted by Gasteiger charge is 2.21. The Bertz CT molecular complexity index is 756. The molecule has 1 aliphatic heterocycles. The number of nitrogens with one attached hydrogen (secondary N) is 1. The molecule has 2 amide bonds. The fourth-order valence-electron chi connectivity index (χ4n) is 3.07. The predicted octanol–water partition coefficient (Wildman–Crippen LogP) is 3.96. The summed E-state index contributed by atoms with van der Waals surface area (Å²) in [6.45, 7) is 7.21. The highest BCUT2D eigenvalue weighted by molar-refractivity contribution is 5.89. The van der Waals surface area contributed by atoms with Gasteiger partial charge >= 0.3 is 6.03 Å². The van der Waals surface area contributed by atoms with Crippen molar-refractivity contribution in [2.45, 2.75) is 26.5 Å². The molecule has 27 heavy (non-hydrogen) atoms. The number of carbonyl (C=O) groups excluding carboxylic acids is 1. The van der Waals surface area contributed by atoms with Crippen LogP contribution in [0.4, 0.5) is 14.9 Å². The van der Waals surface area contributed by atoms with Crippen LogP contribution in [0.5, 0.6) is 5.75 Å². The van der Waals surface area contributed by atoms with Crippen molar-refractivity contribution in [3.05, 3.63) is 59.9 Å². The number of rotatable bonds is 5. The Kier molecular flexibility index (Phi) is 6.29. The van der Waals surface area contributed by atoms with E-state index in [9.17, 15) is 9.18 Å². The van der Waals surface area contributed by atoms with E-state index in [2.05, 4.69) is 10.2 Å². The van der Waals surface area contributed by atoms with Crippen molar-refractivity contribution >= 4 is 11.7 Å². The molecule has 144 valence electrons. The summed E-state index contributed by atoms with van der Waals surface area (Å²) in [5, 5.41) is 2.92. The summed E-state index contributed by atoms with van der Waals surface area (Å²) < 4.78 is 19.4. The van der Waals surface area contributed by atoms with Gasteiger partial charge in [0.1, 0.15) is 11.6 Å². The lowest BCUT2D eigenvalue weighted by Crippen LogP contribution is -2.49. The van der Waals surface area contributed by atoms with Gasteiger partial charge in [0, 0.05) is 44.0 Å². The molecule has 6 heteroatoms. The minimum Gasteiger partial charge on any atom is -0.491 e. The first-order valence-electron chi connectivity index (χ1n) is 9.29. The molecule has 1 aliphatic rings. The number of anilines is 1. The average Bonchev–Trinajstić information content (AvgIpc) is 2.65. The van der Waals surface area contributed by atoms with E-state index in [1.807, 2.05) is 44.2 Å². The SMILES string of the molecule is CC(C)Oc1ccc(NC(=O)N2CCN(Cc3ccccc3F)CC2)cc1. The summed E-state index contributed by atoms with van der Waals surface area (Å²) in [6, 6.07) is 14.1. The third-order valence-electron chi connectivity index (χ3n) is 4.49. The van der Waals surface area contributed by atoms with Gasteiger partial charge in [-0.2, -0.15) is 0 Å². The Labute approximate surface area is 159 Å². The first kappa shape index (κ1) is 19.2. The molecule has 3 rings (SSSR count). The van der Waals surface area contributed by atoms with Gasteiger partial charge in [-0.15, -0.1) is 0 Å². The van der Waals surface area contributed by atoms with Crippen molar-refractivity contribution in [2.24, 2.45) is 0 Å². The Balaban J connectivity index is 1.47. The van der Waals surface area contributed by atoms with Gasteiger partial charge in [-0.1, -0.05) is 18.2 Å². The van der Waals surface area contributed by atoms with Crippen LogP contribution in [0.3, 0.4) is 0 Å². The van der Waals surface area contributed by atoms with Crippen molar-refractivity contribution in [1.82, 2.24) is 9.80 Å². The number of halogens is 1. The number of carbonyl (C=O) groups is 1. The zero-order valence-corrected chi connectivity index (χ0v) is 15.8. The molecular weight excluding hydrogens is 345 g/mol. The molecule has 2 aromatic rings. The van der Waals surface area contributed by atoms with E-state index in [4.69, 9.17) is 4.74 Å². The molecule has 5 nitrogen and oxygen atoms in total. The Morgan fingerprint density at radius 3 is 2.37 bits per heavy atom. The van der Waals surface area contributed by atoms with Crippen molar-refractivity contribution in [1.29, 1.82) is 0 Å². The number of amides is 2. The van der Waals surface area contributed by atoms with Crippen LogP contribution >= 0.6 is 0 Å². The van der Waals surface area contributed by atoms with Crippen LogP contribution < -0.4 is 10.1 Å². The number of hydrogen-bond donors (Lipinski definition) is 1. The molecule has 0 bridgehead atoms. The highest BCUT2D eigenvalue weighted by Crippen LogP contribution is 2.18. The monoisotopic (exact) mass is 371 g/mol. The fourth-order valence-corrected chi connectivity index (χ4v) is 3.07. The maximum Gasteiger partial charge on any atom is 0.321 e. The summed E-state index contributed by atoms with van der Waals surface area (Å²) >= 11 is 0. The Morgan fingerprint density at radius 1 is 1.07 bits per heavy atom. The second-order valence-corrected chi connectivity index (χ2v) is 6.98. The third-order valence-corrected chi connectivity index (χ3v) is 4.49. The molecule has 1 N–H and O–H groups in total. The van der Waals surface area contributed by atoms with Crippen molar-refractivity contribution in [3.8, 4) is 5.75 Å². The third kappa shape index (κ3) is 5.44. The number of hydrogen-bond acceptors (Lipinski definition) is 3. The molecule has 0 spiro atoms. The van der Waals surface area contributed by atoms with E-state index in [-0.39, 0.29) is 18.0 Å². The zero-order valence-electron chi connectivity index (χ0n) is 15.8. The van der Waals surface area contributed by atoms with E-state index in [1.165, 1.54) is 6.07 Å². The van der Waals surface area contributed by atoms with Gasteiger partial charge in [-0.05, 0) is 44.2 Å². The fraction of sp³-hybridized carbons (Fsp3) is 0.381. The van der Waals surface area contributed by atoms with Crippen LogP contribution in [-0.4, -0.2) is 48.1 Å². The molecule has 1 saturated heterocycles. The van der Waals surface area contributed by atoms with E-state index < -0.39 is 0 Å². The number of piperazine rings is 1. The molecule has 1 heterocycles. The molecule has 0 aliphatic carbocycles. The summed E-state index contributed by atoms with van der Waals surface area (Å²) in [7, 11) is 0. The van der Waals surface area contributed by atoms with Gasteiger partial charge in [-0.25, -0.2) is 9.18 Å². The molecule has 0 radical (unpaired) electrons. The van der Waals surface area contributed by atoms with E-state index in [0.717, 1.165) is 24.5 Å². The van der Waals surface area contributed by atoms with Crippen molar-refractivity contribution in [3.63, 3.8) is 0 Å². The molecule has 1 fully saturated rings. The van der Waals surface area contributed by atoms with E-state index in [0.29, 0.717) is 25.2 Å². The summed E-state index contributed by atoms with van der Waals surface area (Å²) in [5.74, 6) is 0.604. The Hall–Kier alpha value is -2.60. The van der Waals surface area contributed by atoms with E-state index in [1.54, 1.807) is 17.0 Å². The average molecular weight is 371 g/mol. The van der Waals surface area contributed by atoms with Crippen LogP contribution in [0.15, 0.2) is 48.5 Å². The number of benzene rings is 2. The summed E-state index contributed by atoms with van der Waals surface area (Å²) in [5.41, 5.74) is 1.43. The van der Waals surface area contributed by atoms with E-state index >= 15 is 0 Å². The smallest absolute Gasteiger partial charge is 0.321 e. The normalized spacial score (nSPS) is 15.0. The minimum absolute atomic E-state index is 0.113. The van der Waals surface area contributed by atoms with Gasteiger partial charge in [0.15, 0.2) is 0 Å². The van der Waals surface area contributed by atoms with Gasteiger partial charge in [0.2, 0.25) is 0 Å². The van der Waals surface area contributed by atoms with Crippen LogP contribution in [0.1, 0.15) is 19.4 Å². The summed E-state index contributed by atoms with van der Waals surface area (Å²) in [4.78, 5) is 16.4. The van der Waals surface area contributed by atoms with Crippen molar-refractivity contribution in [2.75, 3.05) is 31.5 Å². The second-order valence-electron chi connectivity index (χ2n) is 6.98. The topological polar surface area (TPSA) is 44.8 Å². The molecule has 0 aromatic heterocycles. The largest absolute Gasteiger partial charge is 0.491 e. The lowest BCUT2D eigenvalue weighted by Gasteiger charge is -2.34. The number of ether oxygens (including phenoxy) is 1. The van der Waals surface area contributed by atoms with Gasteiger partial charge in [-0.3, -0.25) is 4.90 Å². The van der Waals surface area contributed by atoms with Crippen LogP contribution in [0.25, 0.3) is 0 Å². The maximum atomic E-state index is 13.8. The first-order chi connectivity index (χ1) is 13.0. The predicted molar refractivity (Wildman–Crippen MR) is 104 cm³/mol. The maximum absolute atomic E-state index is 13.8. The number of nitrogens with zero attached hydrogens (tertiary/aromatic N) is 2. The molecule has 2 aromatic carbocycles. The molecule has 0 atom stereocenters. The standard InChI is InChI=1S/C21H26FN3O2/c1-16(2)27-19-9-7-18(8-10-19)23-21(26)25-13-11-24(12-14-25)15-17-5-3-4-6-20(17)22/h3-10,16H,11-15H2,1-2H3,(H,23,26). The zero-order chi connectivity index (χ0) is 19.2. The molecule has 0 saturated carbocycles. The lowest BCUT2D eigenvalue weighted by atomic mass is 10.2. The quantitative estimate of drug-likeness (QED) is 0.865. The van der Waals surface area contributed by atoms with Gasteiger partial charge in [0.05, 0.1) is 6.10 Å². The lowest BCUT2D eigenvalue weighted by molar-refractivity contribution is 0.142. The molecular formula is C21H26FN3O2. The van der Waals surface area contributed by atoms with Crippen LogP contribution in [0, 0.1) is 5.82 Å². The Morgan fingerprint density at radius 2 is 1.74 bits per heavy atom. The number of urea groups is 1. The molecule has 0 unspecified atom stereocenters. The highest BCUT2D eigenvalue weighted by atomic mass is 19.1. The van der Waals surface area contributed by atoms with Gasteiger partial charge in [0.25, 0.3) is 0 Å². The minimum atomic E-state index is -0.178. The van der Waals surface area contributed by atoms with Crippen LogP contribution in [-0.2, 0) is 6.54 Å². The summed E-state index contributed by atoms with van der Waals surface area (Å²) in [6.07, 6.45) is 0.117.